The van der Waals surface area contributed by atoms with Gasteiger partial charge in [-0.3, -0.25) is 0 Å². The van der Waals surface area contributed by atoms with Crippen molar-refractivity contribution in [2.75, 3.05) is 0 Å². The van der Waals surface area contributed by atoms with Crippen LogP contribution in [0.4, 0.5) is 0 Å². The molecule has 0 spiro atoms. The van der Waals surface area contributed by atoms with Crippen molar-refractivity contribution >= 4 is 0 Å². The first-order chi connectivity index (χ1) is 0. The smallest absolute Gasteiger partial charge is 2.00 e. The summed E-state index contributed by atoms with van der Waals surface area (Å²) in [6, 6.07) is 0. The molecule has 0 unspecified atom stereocenters. The maximum atomic E-state index is 0. The number of hydrogen-bond acceptors (Lipinski definition) is 0. The van der Waals surface area contributed by atoms with Gasteiger partial charge < -0.3 is 5.48 Å². The average Bonchev–Trinajstić information content (AvgIpc) is 0. The normalized spacial score (nSPS) is 0. The van der Waals surface area contributed by atoms with Gasteiger partial charge in [0.05, 0.1) is 0 Å². The van der Waals surface area contributed by atoms with Crippen molar-refractivity contribution in [3.05, 3.63) is 0 Å². The van der Waals surface area contributed by atoms with E-state index in [4.69, 9.17) is 0 Å². The van der Waals surface area contributed by atoms with Gasteiger partial charge in [0.1, 0.15) is 0 Å². The van der Waals surface area contributed by atoms with E-state index >= 15 is 0 Å². The van der Waals surface area contributed by atoms with E-state index in [9.17, 15) is 0 Å². The second-order valence-electron chi connectivity index (χ2n) is 0. The van der Waals surface area contributed by atoms with Crippen LogP contribution in [0.2, 0.25) is 0 Å². The summed E-state index contributed by atoms with van der Waals surface area (Å²) in [5, 5.41) is 0. The van der Waals surface area contributed by atoms with Crippen LogP contribution >= 0.6 is 0 Å². The Bertz CT molecular complexity index is 8.00. The van der Waals surface area contributed by atoms with Crippen molar-refractivity contribution < 1.29 is 78.5 Å². The van der Waals surface area contributed by atoms with Crippen LogP contribution in [-0.4, -0.2) is 0 Å². The van der Waals surface area contributed by atoms with Crippen molar-refractivity contribution in [3.63, 3.8) is 0 Å². The quantitative estimate of drug-likeness (QED) is 0.381. The van der Waals surface area contributed by atoms with Gasteiger partial charge in [-0.05, 0) is 0 Å². The molecule has 0 aliphatic rings. The zero-order chi connectivity index (χ0) is 0. The molecule has 0 aliphatic heterocycles. The summed E-state index contributed by atoms with van der Waals surface area (Å²) in [4.78, 5) is 0. The summed E-state index contributed by atoms with van der Waals surface area (Å²) in [6.45, 7) is 0. The molecule has 0 aliphatic carbocycles. The SMILES string of the molecule is [La+3].[Li+].[O-2].[V+5]. The third-order valence-electron chi connectivity index (χ3n) is 0. The Morgan fingerprint density at radius 1 is 1.00 bits per heavy atom. The summed E-state index contributed by atoms with van der Waals surface area (Å²) >= 11 is 0. The third kappa shape index (κ3) is 8.84. The minimum Gasteiger partial charge on any atom is -2.00 e. The predicted octanol–water partition coefficient (Wildman–Crippen LogP) is -3.12. The molecule has 0 rings (SSSR count). The van der Waals surface area contributed by atoms with Gasteiger partial charge in [0.25, 0.3) is 0 Å². The molecule has 1 nitrogen and oxygen atoms in total. The Morgan fingerprint density at radius 3 is 1.00 bits per heavy atom. The van der Waals surface area contributed by atoms with Crippen LogP contribution in [-0.2, 0) is 24.0 Å². The zero-order valence-electron chi connectivity index (χ0n) is 2.43. The van der Waals surface area contributed by atoms with E-state index in [2.05, 4.69) is 0 Å². The summed E-state index contributed by atoms with van der Waals surface area (Å²) in [7, 11) is 0. The van der Waals surface area contributed by atoms with Gasteiger partial charge >= 0.3 is 73.0 Å². The molecule has 0 aromatic carbocycles. The minimum atomic E-state index is 0. The van der Waals surface area contributed by atoms with Gasteiger partial charge in [0.15, 0.2) is 0 Å². The molecule has 0 saturated carbocycles. The van der Waals surface area contributed by atoms with Crippen LogP contribution in [0.5, 0.6) is 0 Å². The van der Waals surface area contributed by atoms with E-state index in [1.165, 1.54) is 0 Å². The summed E-state index contributed by atoms with van der Waals surface area (Å²) < 4.78 is 0. The fraction of sp³-hybridized carbons (Fsp3) is 0. The molecule has 0 bridgehead atoms. The Balaban J connectivity index is 0. The topological polar surface area (TPSA) is 28.5 Å². The van der Waals surface area contributed by atoms with E-state index in [-0.39, 0.29) is 78.5 Å². The molecular weight excluding hydrogens is 213 g/mol. The monoisotopic (exact) mass is 213 g/mol. The van der Waals surface area contributed by atoms with Crippen LogP contribution in [0.1, 0.15) is 0 Å². The fourth-order valence-corrected chi connectivity index (χ4v) is 0. The van der Waals surface area contributed by atoms with Crippen LogP contribution in [0, 0.1) is 35.6 Å². The van der Waals surface area contributed by atoms with Crippen LogP contribution in [0.25, 0.3) is 0 Å². The van der Waals surface area contributed by atoms with Gasteiger partial charge in [0, 0.05) is 0 Å². The van der Waals surface area contributed by atoms with Gasteiger partial charge in [-0.1, -0.05) is 0 Å². The van der Waals surface area contributed by atoms with E-state index in [1.807, 2.05) is 0 Å². The Morgan fingerprint density at radius 2 is 1.00 bits per heavy atom. The first-order valence-corrected chi connectivity index (χ1v) is 0. The molecule has 4 heteroatoms. The van der Waals surface area contributed by atoms with Crippen molar-refractivity contribution in [1.82, 2.24) is 0 Å². The van der Waals surface area contributed by atoms with Crippen LogP contribution in [0.15, 0.2) is 0 Å². The molecular formula is LaLiOV+7. The van der Waals surface area contributed by atoms with Gasteiger partial charge in [-0.15, -0.1) is 0 Å². The minimum absolute atomic E-state index is 0. The van der Waals surface area contributed by atoms with E-state index in [0.717, 1.165) is 0 Å². The largest absolute Gasteiger partial charge is 5.00 e. The molecule has 8 valence electrons. The Hall–Kier alpha value is 2.34. The molecule has 0 atom stereocenters. The molecule has 0 heterocycles. The first kappa shape index (κ1) is 33.1. The molecule has 0 aromatic heterocycles. The molecule has 0 aromatic rings. The number of rotatable bonds is 0. The Labute approximate surface area is 77.3 Å². The first-order valence-electron chi connectivity index (χ1n) is 0. The second-order valence-corrected chi connectivity index (χ2v) is 0. The molecule has 0 N–H and O–H groups in total. The zero-order valence-corrected chi connectivity index (χ0v) is 7.46. The van der Waals surface area contributed by atoms with Crippen molar-refractivity contribution in [2.24, 2.45) is 0 Å². The van der Waals surface area contributed by atoms with E-state index in [0.29, 0.717) is 0 Å². The predicted molar refractivity (Wildman–Crippen MR) is 0.686 cm³/mol. The summed E-state index contributed by atoms with van der Waals surface area (Å²) in [6.07, 6.45) is 0. The Kier molecular flexibility index (Phi) is 152. The van der Waals surface area contributed by atoms with E-state index < -0.39 is 0 Å². The third-order valence-corrected chi connectivity index (χ3v) is 0. The van der Waals surface area contributed by atoms with Crippen molar-refractivity contribution in [3.8, 4) is 0 Å². The van der Waals surface area contributed by atoms with Crippen LogP contribution < -0.4 is 18.9 Å². The number of hydrogen-bond donors (Lipinski definition) is 0. The fourth-order valence-electron chi connectivity index (χ4n) is 0. The molecule has 0 fully saturated rings. The molecule has 0 radical (unpaired) electrons. The maximum absolute atomic E-state index is 0. The average molecular weight is 213 g/mol. The van der Waals surface area contributed by atoms with Gasteiger partial charge in [-0.25, -0.2) is 0 Å². The van der Waals surface area contributed by atoms with E-state index in [1.54, 1.807) is 0 Å². The molecule has 0 saturated heterocycles. The van der Waals surface area contributed by atoms with Crippen molar-refractivity contribution in [2.45, 2.75) is 0 Å². The maximum Gasteiger partial charge on any atom is 5.00 e. The molecule has 0 amide bonds. The summed E-state index contributed by atoms with van der Waals surface area (Å²) in [5.74, 6) is 0. The van der Waals surface area contributed by atoms with Crippen LogP contribution in [0.3, 0.4) is 0 Å². The van der Waals surface area contributed by atoms with Gasteiger partial charge in [0.2, 0.25) is 0 Å². The molecule has 4 heavy (non-hydrogen) atoms. The van der Waals surface area contributed by atoms with Gasteiger partial charge in [-0.2, -0.15) is 0 Å². The standard InChI is InChI=1S/La.Li.O.V/q+3;+1;-2;+5. The second kappa shape index (κ2) is 18.4. The summed E-state index contributed by atoms with van der Waals surface area (Å²) in [5.41, 5.74) is 0. The van der Waals surface area contributed by atoms with Crippen molar-refractivity contribution in [1.29, 1.82) is 0 Å².